The van der Waals surface area contributed by atoms with Crippen LogP contribution in [0.1, 0.15) is 10.4 Å². The van der Waals surface area contributed by atoms with Crippen molar-refractivity contribution in [1.82, 2.24) is 0 Å². The van der Waals surface area contributed by atoms with Gasteiger partial charge in [-0.1, -0.05) is 22.0 Å². The van der Waals surface area contributed by atoms with E-state index in [0.29, 0.717) is 5.56 Å². The first kappa shape index (κ1) is 10.7. The van der Waals surface area contributed by atoms with Crippen molar-refractivity contribution in [2.45, 2.75) is 0 Å². The Labute approximate surface area is 89.2 Å². The highest BCUT2D eigenvalue weighted by atomic mass is 79.9. The van der Waals surface area contributed by atoms with Crippen molar-refractivity contribution in [1.29, 1.82) is 0 Å². The lowest BCUT2D eigenvalue weighted by molar-refractivity contribution is -0.121. The molecule has 1 aromatic carbocycles. The van der Waals surface area contributed by atoms with Crippen LogP contribution in [0.25, 0.3) is 0 Å². The van der Waals surface area contributed by atoms with Gasteiger partial charge in [0.05, 0.1) is 5.56 Å². The van der Waals surface area contributed by atoms with Crippen LogP contribution in [-0.4, -0.2) is 18.5 Å². The molecule has 0 aromatic heterocycles. The van der Waals surface area contributed by atoms with Crippen LogP contribution in [0.5, 0.6) is 0 Å². The number of hydrogen-bond acceptors (Lipinski definition) is 3. The third-order valence-corrected chi connectivity index (χ3v) is 1.90. The van der Waals surface area contributed by atoms with Gasteiger partial charge in [-0.15, -0.1) is 0 Å². The molecule has 0 aliphatic carbocycles. The second-order valence-corrected chi connectivity index (χ2v) is 3.47. The normalized spacial score (nSPS) is 9.50. The van der Waals surface area contributed by atoms with E-state index in [1.165, 1.54) is 0 Å². The van der Waals surface area contributed by atoms with Gasteiger partial charge in [0.2, 0.25) is 0 Å². The molecule has 0 fully saturated rings. The highest BCUT2D eigenvalue weighted by molar-refractivity contribution is 9.10. The standard InChI is InChI=1S/C9H8BrNO3/c10-7-3-1-2-6(4-7)9(13)14-5-8(11)12/h1-4H,5H2,(H2,11,12). The predicted octanol–water partition coefficient (Wildman–Crippen LogP) is 1.09. The first-order valence-corrected chi connectivity index (χ1v) is 4.60. The lowest BCUT2D eigenvalue weighted by atomic mass is 10.2. The first-order valence-electron chi connectivity index (χ1n) is 3.80. The van der Waals surface area contributed by atoms with Gasteiger partial charge in [0.25, 0.3) is 5.91 Å². The summed E-state index contributed by atoms with van der Waals surface area (Å²) in [5.74, 6) is -1.24. The second kappa shape index (κ2) is 4.76. The zero-order valence-corrected chi connectivity index (χ0v) is 8.78. The van der Waals surface area contributed by atoms with Gasteiger partial charge in [0.15, 0.2) is 6.61 Å². The largest absolute Gasteiger partial charge is 0.452 e. The molecule has 1 aromatic rings. The van der Waals surface area contributed by atoms with E-state index in [1.807, 2.05) is 0 Å². The molecule has 0 saturated heterocycles. The second-order valence-electron chi connectivity index (χ2n) is 2.55. The Balaban J connectivity index is 2.65. The minimum atomic E-state index is -0.673. The lowest BCUT2D eigenvalue weighted by Gasteiger charge is -2.01. The number of carbonyl (C=O) groups excluding carboxylic acids is 2. The van der Waals surface area contributed by atoms with Gasteiger partial charge in [-0.2, -0.15) is 0 Å². The quantitative estimate of drug-likeness (QED) is 0.825. The predicted molar refractivity (Wildman–Crippen MR) is 53.6 cm³/mol. The Kier molecular flexibility index (Phi) is 3.64. The molecular formula is C9H8BrNO3. The van der Waals surface area contributed by atoms with Crippen molar-refractivity contribution in [3.63, 3.8) is 0 Å². The van der Waals surface area contributed by atoms with E-state index < -0.39 is 18.5 Å². The smallest absolute Gasteiger partial charge is 0.338 e. The van der Waals surface area contributed by atoms with Crippen molar-refractivity contribution in [3.05, 3.63) is 34.3 Å². The Morgan fingerprint density at radius 2 is 2.14 bits per heavy atom. The van der Waals surface area contributed by atoms with Gasteiger partial charge in [-0.3, -0.25) is 4.79 Å². The van der Waals surface area contributed by atoms with Gasteiger partial charge < -0.3 is 10.5 Å². The number of nitrogens with two attached hydrogens (primary N) is 1. The van der Waals surface area contributed by atoms with Gasteiger partial charge in [0.1, 0.15) is 0 Å². The van der Waals surface area contributed by atoms with E-state index in [-0.39, 0.29) is 0 Å². The molecule has 0 bridgehead atoms. The first-order chi connectivity index (χ1) is 6.59. The van der Waals surface area contributed by atoms with Gasteiger partial charge in [-0.05, 0) is 18.2 Å². The molecule has 0 saturated carbocycles. The third kappa shape index (κ3) is 3.18. The van der Waals surface area contributed by atoms with E-state index in [1.54, 1.807) is 24.3 Å². The van der Waals surface area contributed by atoms with Crippen molar-refractivity contribution in [2.75, 3.05) is 6.61 Å². The summed E-state index contributed by atoms with van der Waals surface area (Å²) in [5, 5.41) is 0. The number of amides is 1. The molecule has 0 aliphatic heterocycles. The number of ether oxygens (including phenoxy) is 1. The SMILES string of the molecule is NC(=O)COC(=O)c1cccc(Br)c1. The van der Waals surface area contributed by atoms with Crippen molar-refractivity contribution >= 4 is 27.8 Å². The Bertz CT molecular complexity index is 365. The summed E-state index contributed by atoms with van der Waals surface area (Å²) in [4.78, 5) is 21.6. The fourth-order valence-corrected chi connectivity index (χ4v) is 1.23. The van der Waals surface area contributed by atoms with Crippen LogP contribution < -0.4 is 5.73 Å². The highest BCUT2D eigenvalue weighted by Gasteiger charge is 2.07. The van der Waals surface area contributed by atoms with E-state index in [9.17, 15) is 9.59 Å². The topological polar surface area (TPSA) is 69.4 Å². The summed E-state index contributed by atoms with van der Waals surface area (Å²) >= 11 is 3.21. The summed E-state index contributed by atoms with van der Waals surface area (Å²) in [7, 11) is 0. The minimum Gasteiger partial charge on any atom is -0.452 e. The molecule has 0 spiro atoms. The maximum Gasteiger partial charge on any atom is 0.338 e. The molecule has 1 amide bonds. The van der Waals surface area contributed by atoms with E-state index in [0.717, 1.165) is 4.47 Å². The summed E-state index contributed by atoms with van der Waals surface area (Å²) < 4.78 is 5.38. The zero-order chi connectivity index (χ0) is 10.6. The summed E-state index contributed by atoms with van der Waals surface area (Å²) in [6.07, 6.45) is 0. The molecule has 5 heteroatoms. The van der Waals surface area contributed by atoms with Crippen LogP contribution in [0.3, 0.4) is 0 Å². The lowest BCUT2D eigenvalue weighted by Crippen LogP contribution is -2.20. The van der Waals surface area contributed by atoms with E-state index in [4.69, 9.17) is 5.73 Å². The maximum absolute atomic E-state index is 11.3. The molecular weight excluding hydrogens is 250 g/mol. The van der Waals surface area contributed by atoms with Gasteiger partial charge in [0, 0.05) is 4.47 Å². The Morgan fingerprint density at radius 1 is 1.43 bits per heavy atom. The Hall–Kier alpha value is -1.36. The average molecular weight is 258 g/mol. The molecule has 74 valence electrons. The van der Waals surface area contributed by atoms with E-state index in [2.05, 4.69) is 20.7 Å². The molecule has 0 atom stereocenters. The monoisotopic (exact) mass is 257 g/mol. The van der Waals surface area contributed by atoms with Crippen LogP contribution in [-0.2, 0) is 9.53 Å². The number of benzene rings is 1. The molecule has 4 nitrogen and oxygen atoms in total. The zero-order valence-electron chi connectivity index (χ0n) is 7.20. The molecule has 1 rings (SSSR count). The minimum absolute atomic E-state index is 0.376. The average Bonchev–Trinajstić information content (AvgIpc) is 2.14. The molecule has 0 heterocycles. The molecule has 14 heavy (non-hydrogen) atoms. The molecule has 0 radical (unpaired) electrons. The number of carbonyl (C=O) groups is 2. The van der Waals surface area contributed by atoms with E-state index >= 15 is 0 Å². The van der Waals surface area contributed by atoms with Gasteiger partial charge >= 0.3 is 5.97 Å². The molecule has 0 aliphatic rings. The van der Waals surface area contributed by atoms with Crippen molar-refractivity contribution in [3.8, 4) is 0 Å². The van der Waals surface area contributed by atoms with Crippen LogP contribution in [0.15, 0.2) is 28.7 Å². The number of hydrogen-bond donors (Lipinski definition) is 1. The summed E-state index contributed by atoms with van der Waals surface area (Å²) in [5.41, 5.74) is 5.20. The summed E-state index contributed by atoms with van der Waals surface area (Å²) in [6.45, 7) is -0.397. The fourth-order valence-electron chi connectivity index (χ4n) is 0.835. The maximum atomic E-state index is 11.3. The summed E-state index contributed by atoms with van der Waals surface area (Å²) in [6, 6.07) is 6.67. The van der Waals surface area contributed by atoms with Gasteiger partial charge in [-0.25, -0.2) is 4.79 Å². The van der Waals surface area contributed by atoms with Crippen molar-refractivity contribution < 1.29 is 14.3 Å². The fraction of sp³-hybridized carbons (Fsp3) is 0.111. The highest BCUT2D eigenvalue weighted by Crippen LogP contribution is 2.12. The number of rotatable bonds is 3. The van der Waals surface area contributed by atoms with Crippen LogP contribution in [0.4, 0.5) is 0 Å². The molecule has 0 unspecified atom stereocenters. The van der Waals surface area contributed by atoms with Crippen molar-refractivity contribution in [2.24, 2.45) is 5.73 Å². The number of primary amides is 1. The molecule has 2 N–H and O–H groups in total. The van der Waals surface area contributed by atoms with Crippen LogP contribution >= 0.6 is 15.9 Å². The Morgan fingerprint density at radius 3 is 2.71 bits per heavy atom. The van der Waals surface area contributed by atoms with Crippen LogP contribution in [0, 0.1) is 0 Å². The third-order valence-electron chi connectivity index (χ3n) is 1.41. The number of halogens is 1. The number of esters is 1. The van der Waals surface area contributed by atoms with Crippen LogP contribution in [0.2, 0.25) is 0 Å².